The Morgan fingerprint density at radius 2 is 1.85 bits per heavy atom. The van der Waals surface area contributed by atoms with Crippen LogP contribution in [-0.4, -0.2) is 23.1 Å². The molecule has 1 aliphatic heterocycles. The molecule has 4 rings (SSSR count). The van der Waals surface area contributed by atoms with Crippen molar-refractivity contribution in [1.29, 1.82) is 0 Å². The predicted molar refractivity (Wildman–Crippen MR) is 115 cm³/mol. The molecule has 2 aliphatic rings. The lowest BCUT2D eigenvalue weighted by Gasteiger charge is -2.38. The second kappa shape index (κ2) is 8.65. The SMILES string of the molecule is OC1CC(CN2CCCCC2c2ccccc2Cl)CCc2c(Br)cccc21. The molecule has 2 nitrogen and oxygen atoms in total. The van der Waals surface area contributed by atoms with Crippen LogP contribution in [0.1, 0.15) is 60.9 Å². The fourth-order valence-corrected chi connectivity index (χ4v) is 5.71. The van der Waals surface area contributed by atoms with Crippen molar-refractivity contribution in [3.63, 3.8) is 0 Å². The number of fused-ring (bicyclic) bond motifs is 1. The highest BCUT2D eigenvalue weighted by atomic mass is 79.9. The van der Waals surface area contributed by atoms with E-state index in [0.717, 1.165) is 47.4 Å². The Balaban J connectivity index is 1.51. The summed E-state index contributed by atoms with van der Waals surface area (Å²) in [6, 6.07) is 14.9. The molecule has 0 saturated carbocycles. The van der Waals surface area contributed by atoms with Gasteiger partial charge in [0.05, 0.1) is 6.10 Å². The van der Waals surface area contributed by atoms with Crippen LogP contribution in [0.25, 0.3) is 0 Å². The number of benzene rings is 2. The van der Waals surface area contributed by atoms with Crippen LogP contribution in [0.2, 0.25) is 5.02 Å². The first-order chi connectivity index (χ1) is 13.1. The van der Waals surface area contributed by atoms with Gasteiger partial charge in [-0.25, -0.2) is 0 Å². The number of likely N-dealkylation sites (tertiary alicyclic amines) is 1. The first kappa shape index (κ1) is 19.4. The minimum atomic E-state index is -0.367. The highest BCUT2D eigenvalue weighted by Gasteiger charge is 2.30. The molecule has 1 heterocycles. The van der Waals surface area contributed by atoms with Crippen molar-refractivity contribution in [2.75, 3.05) is 13.1 Å². The van der Waals surface area contributed by atoms with E-state index in [0.29, 0.717) is 12.0 Å². The fraction of sp³-hybridized carbons (Fsp3) is 0.478. The summed E-state index contributed by atoms with van der Waals surface area (Å²) in [6.07, 6.45) is 6.32. The van der Waals surface area contributed by atoms with Crippen LogP contribution in [0, 0.1) is 5.92 Å². The predicted octanol–water partition coefficient (Wildman–Crippen LogP) is 6.32. The van der Waals surface area contributed by atoms with Gasteiger partial charge in [0.2, 0.25) is 0 Å². The van der Waals surface area contributed by atoms with Gasteiger partial charge in [0.1, 0.15) is 0 Å². The third-order valence-corrected chi connectivity index (χ3v) is 7.33. The molecule has 27 heavy (non-hydrogen) atoms. The maximum absolute atomic E-state index is 10.8. The molecule has 1 saturated heterocycles. The molecule has 3 atom stereocenters. The second-order valence-electron chi connectivity index (χ2n) is 7.99. The molecule has 1 N–H and O–H groups in total. The van der Waals surface area contributed by atoms with Gasteiger partial charge in [-0.3, -0.25) is 4.90 Å². The molecule has 2 aromatic rings. The van der Waals surface area contributed by atoms with Crippen molar-refractivity contribution in [3.05, 3.63) is 68.7 Å². The Kier molecular flexibility index (Phi) is 6.23. The number of hydrogen-bond donors (Lipinski definition) is 1. The number of nitrogens with zero attached hydrogens (tertiary/aromatic N) is 1. The molecular weight excluding hydrogens is 422 g/mol. The van der Waals surface area contributed by atoms with Crippen molar-refractivity contribution in [1.82, 2.24) is 4.90 Å². The van der Waals surface area contributed by atoms with E-state index in [-0.39, 0.29) is 6.10 Å². The summed E-state index contributed by atoms with van der Waals surface area (Å²) in [7, 11) is 0. The number of piperidine rings is 1. The van der Waals surface area contributed by atoms with Gasteiger partial charge in [-0.15, -0.1) is 0 Å². The Labute approximate surface area is 175 Å². The first-order valence-electron chi connectivity index (χ1n) is 10.1. The van der Waals surface area contributed by atoms with E-state index < -0.39 is 0 Å². The van der Waals surface area contributed by atoms with E-state index in [1.165, 1.54) is 30.4 Å². The minimum Gasteiger partial charge on any atom is -0.388 e. The molecule has 0 bridgehead atoms. The van der Waals surface area contributed by atoms with E-state index in [4.69, 9.17) is 11.6 Å². The number of hydrogen-bond acceptors (Lipinski definition) is 2. The molecule has 144 valence electrons. The number of aliphatic hydroxyl groups is 1. The fourth-order valence-electron chi connectivity index (χ4n) is 4.86. The normalized spacial score (nSPS) is 26.4. The molecular formula is C23H27BrClNO. The van der Waals surface area contributed by atoms with Crippen LogP contribution in [0.5, 0.6) is 0 Å². The zero-order valence-corrected chi connectivity index (χ0v) is 17.9. The lowest BCUT2D eigenvalue weighted by molar-refractivity contribution is 0.0917. The van der Waals surface area contributed by atoms with Gasteiger partial charge >= 0.3 is 0 Å². The summed E-state index contributed by atoms with van der Waals surface area (Å²) >= 11 is 10.2. The van der Waals surface area contributed by atoms with Gasteiger partial charge in [-0.2, -0.15) is 0 Å². The van der Waals surface area contributed by atoms with Gasteiger partial charge in [-0.1, -0.05) is 64.3 Å². The maximum atomic E-state index is 10.8. The van der Waals surface area contributed by atoms with Gasteiger partial charge in [0, 0.05) is 22.1 Å². The summed E-state index contributed by atoms with van der Waals surface area (Å²) in [5, 5.41) is 11.7. The average Bonchev–Trinajstić information content (AvgIpc) is 2.83. The van der Waals surface area contributed by atoms with Crippen LogP contribution in [0.15, 0.2) is 46.9 Å². The van der Waals surface area contributed by atoms with Crippen molar-refractivity contribution in [3.8, 4) is 0 Å². The van der Waals surface area contributed by atoms with Gasteiger partial charge in [-0.05, 0) is 73.4 Å². The Bertz CT molecular complexity index is 796. The van der Waals surface area contributed by atoms with Crippen LogP contribution in [0.4, 0.5) is 0 Å². The van der Waals surface area contributed by atoms with Gasteiger partial charge < -0.3 is 5.11 Å². The number of halogens is 2. The van der Waals surface area contributed by atoms with E-state index in [2.05, 4.69) is 45.1 Å². The molecule has 0 amide bonds. The topological polar surface area (TPSA) is 23.5 Å². The van der Waals surface area contributed by atoms with E-state index in [1.807, 2.05) is 18.2 Å². The zero-order chi connectivity index (χ0) is 18.8. The molecule has 4 heteroatoms. The summed E-state index contributed by atoms with van der Waals surface area (Å²) in [5.41, 5.74) is 3.65. The van der Waals surface area contributed by atoms with Crippen molar-refractivity contribution in [2.45, 2.75) is 50.7 Å². The van der Waals surface area contributed by atoms with Crippen molar-refractivity contribution >= 4 is 27.5 Å². The van der Waals surface area contributed by atoms with E-state index >= 15 is 0 Å². The number of rotatable bonds is 3. The van der Waals surface area contributed by atoms with E-state index in [9.17, 15) is 5.11 Å². The average molecular weight is 449 g/mol. The summed E-state index contributed by atoms with van der Waals surface area (Å²) in [6.45, 7) is 2.16. The molecule has 3 unspecified atom stereocenters. The summed E-state index contributed by atoms with van der Waals surface area (Å²) in [5.74, 6) is 0.502. The van der Waals surface area contributed by atoms with E-state index in [1.54, 1.807) is 0 Å². The molecule has 0 radical (unpaired) electrons. The van der Waals surface area contributed by atoms with Gasteiger partial charge in [0.15, 0.2) is 0 Å². The van der Waals surface area contributed by atoms with Crippen LogP contribution in [0.3, 0.4) is 0 Å². The maximum Gasteiger partial charge on any atom is 0.0796 e. The highest BCUT2D eigenvalue weighted by Crippen LogP contribution is 2.39. The molecule has 1 fully saturated rings. The van der Waals surface area contributed by atoms with Crippen molar-refractivity contribution < 1.29 is 5.11 Å². The Morgan fingerprint density at radius 3 is 2.70 bits per heavy atom. The largest absolute Gasteiger partial charge is 0.388 e. The third kappa shape index (κ3) is 4.27. The highest BCUT2D eigenvalue weighted by molar-refractivity contribution is 9.10. The molecule has 2 aromatic carbocycles. The summed E-state index contributed by atoms with van der Waals surface area (Å²) < 4.78 is 1.13. The smallest absolute Gasteiger partial charge is 0.0796 e. The van der Waals surface area contributed by atoms with Gasteiger partial charge in [0.25, 0.3) is 0 Å². The lowest BCUT2D eigenvalue weighted by Crippen LogP contribution is -2.37. The molecule has 0 spiro atoms. The summed E-state index contributed by atoms with van der Waals surface area (Å²) in [4.78, 5) is 2.62. The second-order valence-corrected chi connectivity index (χ2v) is 9.25. The zero-order valence-electron chi connectivity index (χ0n) is 15.6. The van der Waals surface area contributed by atoms with Crippen LogP contribution < -0.4 is 0 Å². The van der Waals surface area contributed by atoms with Crippen LogP contribution >= 0.6 is 27.5 Å². The third-order valence-electron chi connectivity index (χ3n) is 6.24. The van der Waals surface area contributed by atoms with Crippen LogP contribution in [-0.2, 0) is 6.42 Å². The first-order valence-corrected chi connectivity index (χ1v) is 11.2. The lowest BCUT2D eigenvalue weighted by atomic mass is 9.91. The number of aliphatic hydroxyl groups excluding tert-OH is 1. The Hall–Kier alpha value is -0.870. The Morgan fingerprint density at radius 1 is 1.04 bits per heavy atom. The quantitative estimate of drug-likeness (QED) is 0.556. The monoisotopic (exact) mass is 447 g/mol. The molecule has 0 aromatic heterocycles. The molecule has 1 aliphatic carbocycles. The van der Waals surface area contributed by atoms with Crippen molar-refractivity contribution in [2.24, 2.45) is 5.92 Å². The standard InChI is InChI=1S/C23H27BrClNO/c24-20-8-5-7-18-17(20)12-11-16(14-23(18)27)15-26-13-4-3-10-22(26)19-6-1-2-9-21(19)25/h1-2,5-9,16,22-23,27H,3-4,10-15H2. The minimum absolute atomic E-state index is 0.367.